The summed E-state index contributed by atoms with van der Waals surface area (Å²) in [5.41, 5.74) is 4.13. The number of benzene rings is 2. The second-order valence-corrected chi connectivity index (χ2v) is 6.21. The lowest BCUT2D eigenvalue weighted by atomic mass is 10.1. The lowest BCUT2D eigenvalue weighted by molar-refractivity contribution is 0.101. The summed E-state index contributed by atoms with van der Waals surface area (Å²) < 4.78 is 5.99. The van der Waals surface area contributed by atoms with E-state index in [0.717, 1.165) is 24.3 Å². The van der Waals surface area contributed by atoms with Crippen LogP contribution in [-0.2, 0) is 6.61 Å². The van der Waals surface area contributed by atoms with Gasteiger partial charge in [0.05, 0.1) is 5.56 Å². The van der Waals surface area contributed by atoms with Gasteiger partial charge in [0.2, 0.25) is 0 Å². The smallest absolute Gasteiger partial charge is 0.163 e. The number of carbonyl (C=O) groups is 1. The molecule has 120 valence electrons. The number of Topliss-reactive ketones (excluding diaryl/α,β-unsaturated/α-hetero) is 1. The van der Waals surface area contributed by atoms with Gasteiger partial charge in [-0.05, 0) is 44.4 Å². The number of rotatable bonds is 5. The molecule has 1 aliphatic rings. The topological polar surface area (TPSA) is 29.5 Å². The third kappa shape index (κ3) is 3.73. The minimum atomic E-state index is 0.0391. The maximum absolute atomic E-state index is 11.9. The van der Waals surface area contributed by atoms with E-state index >= 15 is 0 Å². The quantitative estimate of drug-likeness (QED) is 0.768. The molecule has 0 atom stereocenters. The van der Waals surface area contributed by atoms with Crippen molar-refractivity contribution in [3.05, 3.63) is 59.2 Å². The first-order valence-electron chi connectivity index (χ1n) is 8.22. The molecule has 0 bridgehead atoms. The number of hydrogen-bond acceptors (Lipinski definition) is 3. The highest BCUT2D eigenvalue weighted by Gasteiger charge is 2.16. The highest BCUT2D eigenvalue weighted by molar-refractivity contribution is 5.97. The molecule has 3 heteroatoms. The third-order valence-corrected chi connectivity index (χ3v) is 4.29. The van der Waals surface area contributed by atoms with Crippen molar-refractivity contribution in [1.29, 1.82) is 0 Å². The normalized spacial score (nSPS) is 14.1. The molecule has 0 aromatic heterocycles. The Kier molecular flexibility index (Phi) is 4.65. The van der Waals surface area contributed by atoms with E-state index in [-0.39, 0.29) is 5.78 Å². The van der Waals surface area contributed by atoms with Crippen molar-refractivity contribution in [3.63, 3.8) is 0 Å². The minimum absolute atomic E-state index is 0.0391. The molecule has 1 saturated heterocycles. The number of aryl methyl sites for hydroxylation is 1. The molecule has 3 nitrogen and oxygen atoms in total. The van der Waals surface area contributed by atoms with Crippen LogP contribution in [0.1, 0.15) is 41.3 Å². The van der Waals surface area contributed by atoms with Crippen LogP contribution in [0.3, 0.4) is 0 Å². The van der Waals surface area contributed by atoms with Gasteiger partial charge in [-0.2, -0.15) is 0 Å². The Bertz CT molecular complexity index is 703. The van der Waals surface area contributed by atoms with Gasteiger partial charge < -0.3 is 9.64 Å². The minimum Gasteiger partial charge on any atom is -0.488 e. The van der Waals surface area contributed by atoms with E-state index in [1.807, 2.05) is 30.3 Å². The molecule has 0 aliphatic carbocycles. The van der Waals surface area contributed by atoms with Gasteiger partial charge in [-0.25, -0.2) is 0 Å². The molecule has 1 fully saturated rings. The van der Waals surface area contributed by atoms with Crippen LogP contribution in [0.4, 0.5) is 5.69 Å². The first kappa shape index (κ1) is 15.6. The highest BCUT2D eigenvalue weighted by atomic mass is 16.5. The summed E-state index contributed by atoms with van der Waals surface area (Å²) in [7, 11) is 0. The molecule has 0 amide bonds. The van der Waals surface area contributed by atoms with E-state index in [0.29, 0.717) is 17.9 Å². The fourth-order valence-corrected chi connectivity index (χ4v) is 3.06. The van der Waals surface area contributed by atoms with Crippen molar-refractivity contribution in [2.24, 2.45) is 0 Å². The number of ketones is 1. The maximum atomic E-state index is 11.9. The van der Waals surface area contributed by atoms with Crippen LogP contribution >= 0.6 is 0 Å². The Hall–Kier alpha value is -2.29. The maximum Gasteiger partial charge on any atom is 0.163 e. The highest BCUT2D eigenvalue weighted by Crippen LogP contribution is 2.29. The summed E-state index contributed by atoms with van der Waals surface area (Å²) in [6.45, 7) is 6.29. The van der Waals surface area contributed by atoms with Crippen molar-refractivity contribution in [3.8, 4) is 5.75 Å². The molecule has 0 unspecified atom stereocenters. The fourth-order valence-electron chi connectivity index (χ4n) is 3.06. The molecule has 1 aliphatic heterocycles. The zero-order valence-electron chi connectivity index (χ0n) is 13.8. The molecule has 0 saturated carbocycles. The molecule has 2 aromatic carbocycles. The SMILES string of the molecule is CC(=O)c1ccc(N2CCCC2)cc1OCc1cccc(C)c1. The molecule has 0 radical (unpaired) electrons. The van der Waals surface area contributed by atoms with Gasteiger partial charge in [0.25, 0.3) is 0 Å². The molecule has 3 rings (SSSR count). The Morgan fingerprint density at radius 3 is 2.61 bits per heavy atom. The van der Waals surface area contributed by atoms with Crippen molar-refractivity contribution in [2.75, 3.05) is 18.0 Å². The van der Waals surface area contributed by atoms with Crippen LogP contribution in [0.5, 0.6) is 5.75 Å². The predicted molar refractivity (Wildman–Crippen MR) is 93.4 cm³/mol. The zero-order chi connectivity index (χ0) is 16.2. The van der Waals surface area contributed by atoms with Crippen molar-refractivity contribution in [1.82, 2.24) is 0 Å². The van der Waals surface area contributed by atoms with Crippen molar-refractivity contribution < 1.29 is 9.53 Å². The second kappa shape index (κ2) is 6.86. The summed E-state index contributed by atoms with van der Waals surface area (Å²) in [4.78, 5) is 14.2. The Labute approximate surface area is 137 Å². The molecule has 1 heterocycles. The van der Waals surface area contributed by atoms with Crippen LogP contribution in [0.15, 0.2) is 42.5 Å². The summed E-state index contributed by atoms with van der Waals surface area (Å²) in [6, 6.07) is 14.2. The largest absolute Gasteiger partial charge is 0.488 e. The van der Waals surface area contributed by atoms with Gasteiger partial charge in [-0.1, -0.05) is 29.8 Å². The predicted octanol–water partition coefficient (Wildman–Crippen LogP) is 4.38. The molecule has 23 heavy (non-hydrogen) atoms. The monoisotopic (exact) mass is 309 g/mol. The number of ether oxygens (including phenoxy) is 1. The van der Waals surface area contributed by atoms with E-state index < -0.39 is 0 Å². The molecule has 2 aromatic rings. The van der Waals surface area contributed by atoms with Crippen molar-refractivity contribution >= 4 is 11.5 Å². The van der Waals surface area contributed by atoms with Gasteiger partial charge in [0, 0.05) is 24.8 Å². The number of nitrogens with zero attached hydrogens (tertiary/aromatic N) is 1. The lowest BCUT2D eigenvalue weighted by Gasteiger charge is -2.20. The third-order valence-electron chi connectivity index (χ3n) is 4.29. The van der Waals surface area contributed by atoms with E-state index in [9.17, 15) is 4.79 Å². The fraction of sp³-hybridized carbons (Fsp3) is 0.350. The van der Waals surface area contributed by atoms with Crippen LogP contribution in [-0.4, -0.2) is 18.9 Å². The molecular formula is C20H23NO2. The van der Waals surface area contributed by atoms with Crippen LogP contribution < -0.4 is 9.64 Å². The van der Waals surface area contributed by atoms with Crippen molar-refractivity contribution in [2.45, 2.75) is 33.3 Å². The van der Waals surface area contributed by atoms with Gasteiger partial charge >= 0.3 is 0 Å². The van der Waals surface area contributed by atoms with Gasteiger partial charge in [-0.15, -0.1) is 0 Å². The van der Waals surface area contributed by atoms with Gasteiger partial charge in [0.15, 0.2) is 5.78 Å². The number of anilines is 1. The summed E-state index contributed by atoms with van der Waals surface area (Å²) in [5, 5.41) is 0. The molecule has 0 spiro atoms. The van der Waals surface area contributed by atoms with Gasteiger partial charge in [-0.3, -0.25) is 4.79 Å². The van der Waals surface area contributed by atoms with Crippen LogP contribution in [0.25, 0.3) is 0 Å². The average molecular weight is 309 g/mol. The van der Waals surface area contributed by atoms with Crippen LogP contribution in [0.2, 0.25) is 0 Å². The van der Waals surface area contributed by atoms with E-state index in [4.69, 9.17) is 4.74 Å². The van der Waals surface area contributed by atoms with Gasteiger partial charge in [0.1, 0.15) is 12.4 Å². The summed E-state index contributed by atoms with van der Waals surface area (Å²) >= 11 is 0. The number of carbonyl (C=O) groups excluding carboxylic acids is 1. The van der Waals surface area contributed by atoms with E-state index in [1.54, 1.807) is 6.92 Å². The second-order valence-electron chi connectivity index (χ2n) is 6.21. The van der Waals surface area contributed by atoms with E-state index in [2.05, 4.69) is 24.0 Å². The zero-order valence-corrected chi connectivity index (χ0v) is 13.8. The standard InChI is InChI=1S/C20H23NO2/c1-15-6-5-7-17(12-15)14-23-20-13-18(21-10-3-4-11-21)8-9-19(20)16(2)22/h5-9,12-13H,3-4,10-11,14H2,1-2H3. The first-order valence-corrected chi connectivity index (χ1v) is 8.22. The summed E-state index contributed by atoms with van der Waals surface area (Å²) in [5.74, 6) is 0.723. The van der Waals surface area contributed by atoms with E-state index in [1.165, 1.54) is 18.4 Å². The number of hydrogen-bond donors (Lipinski definition) is 0. The average Bonchev–Trinajstić information content (AvgIpc) is 3.07. The molecule has 0 N–H and O–H groups in total. The van der Waals surface area contributed by atoms with Crippen LogP contribution in [0, 0.1) is 6.92 Å². The first-order chi connectivity index (χ1) is 11.1. The lowest BCUT2D eigenvalue weighted by Crippen LogP contribution is -2.17. The Morgan fingerprint density at radius 1 is 1.13 bits per heavy atom. The Morgan fingerprint density at radius 2 is 1.91 bits per heavy atom. The molecular weight excluding hydrogens is 286 g/mol. The Balaban J connectivity index is 1.82. The summed E-state index contributed by atoms with van der Waals surface area (Å²) in [6.07, 6.45) is 2.46.